The monoisotopic (exact) mass is 429 g/mol. The van der Waals surface area contributed by atoms with Crippen LogP contribution >= 0.6 is 0 Å². The van der Waals surface area contributed by atoms with Gasteiger partial charge in [0.1, 0.15) is 5.75 Å². The van der Waals surface area contributed by atoms with Gasteiger partial charge in [0.15, 0.2) is 5.76 Å². The molecule has 8 nitrogen and oxygen atoms in total. The summed E-state index contributed by atoms with van der Waals surface area (Å²) in [6, 6.07) is 18.8. The van der Waals surface area contributed by atoms with Crippen LogP contribution in [0.2, 0.25) is 0 Å². The molecule has 1 N–H and O–H groups in total. The minimum atomic E-state index is -0.480. The predicted molar refractivity (Wildman–Crippen MR) is 120 cm³/mol. The maximum Gasteiger partial charge on any atom is 0.274 e. The number of nitro groups is 1. The minimum absolute atomic E-state index is 0.0632. The zero-order valence-corrected chi connectivity index (χ0v) is 17.4. The molecule has 4 aromatic rings. The molecule has 0 fully saturated rings. The Morgan fingerprint density at radius 3 is 2.66 bits per heavy atom. The molecule has 0 aliphatic rings. The van der Waals surface area contributed by atoms with E-state index in [4.69, 9.17) is 9.15 Å². The Hall–Kier alpha value is -4.46. The molecule has 0 saturated heterocycles. The lowest BCUT2D eigenvalue weighted by Crippen LogP contribution is -2.14. The van der Waals surface area contributed by atoms with Gasteiger partial charge in [0.25, 0.3) is 11.6 Å². The quantitative estimate of drug-likeness (QED) is 0.321. The average Bonchev–Trinajstić information content (AvgIpc) is 3.30. The van der Waals surface area contributed by atoms with Crippen LogP contribution in [0.5, 0.6) is 5.75 Å². The Bertz CT molecular complexity index is 1310. The number of nitrogens with one attached hydrogen (secondary N) is 1. The van der Waals surface area contributed by atoms with Crippen molar-refractivity contribution in [1.82, 2.24) is 4.98 Å². The van der Waals surface area contributed by atoms with Gasteiger partial charge < -0.3 is 14.5 Å². The number of aromatic nitrogens is 1. The fraction of sp³-hybridized carbons (Fsp3) is 0.0833. The van der Waals surface area contributed by atoms with Gasteiger partial charge in [0.2, 0.25) is 5.89 Å². The molecule has 0 aliphatic heterocycles. The largest absolute Gasteiger partial charge is 0.497 e. The number of carbonyl (C=O) groups is 1. The number of anilines is 1. The minimum Gasteiger partial charge on any atom is -0.497 e. The molecule has 1 heterocycles. The van der Waals surface area contributed by atoms with Gasteiger partial charge in [-0.25, -0.2) is 4.98 Å². The molecule has 0 radical (unpaired) electrons. The van der Waals surface area contributed by atoms with Crippen LogP contribution in [0.15, 0.2) is 77.3 Å². The van der Waals surface area contributed by atoms with Gasteiger partial charge >= 0.3 is 0 Å². The molecule has 32 heavy (non-hydrogen) atoms. The van der Waals surface area contributed by atoms with Gasteiger partial charge in [-0.05, 0) is 37.3 Å². The summed E-state index contributed by atoms with van der Waals surface area (Å²) in [7, 11) is 1.59. The van der Waals surface area contributed by atoms with Gasteiger partial charge in [-0.1, -0.05) is 30.3 Å². The fourth-order valence-electron chi connectivity index (χ4n) is 3.32. The van der Waals surface area contributed by atoms with E-state index >= 15 is 0 Å². The van der Waals surface area contributed by atoms with Gasteiger partial charge in [-0.15, -0.1) is 0 Å². The number of ether oxygens (including phenoxy) is 1. The summed E-state index contributed by atoms with van der Waals surface area (Å²) in [5.74, 6) is 1.07. The van der Waals surface area contributed by atoms with Crippen molar-refractivity contribution in [2.24, 2.45) is 0 Å². The lowest BCUT2D eigenvalue weighted by atomic mass is 10.1. The summed E-state index contributed by atoms with van der Waals surface area (Å²) < 4.78 is 11.2. The molecule has 0 aliphatic carbocycles. The van der Waals surface area contributed by atoms with Crippen LogP contribution in [0, 0.1) is 17.0 Å². The molecular weight excluding hydrogens is 410 g/mol. The number of oxazole rings is 1. The number of nitro benzene ring substituents is 1. The molecule has 1 amide bonds. The first-order valence-electron chi connectivity index (χ1n) is 9.73. The molecule has 8 heteroatoms. The SMILES string of the molecule is COc1cccc(-c2cnc(-c3ccccc3C(=O)Nc3cccc([N+](=O)[O-])c3C)o2)c1. The predicted octanol–water partition coefficient (Wildman–Crippen LogP) is 5.49. The number of benzene rings is 3. The van der Waals surface area contributed by atoms with Crippen molar-refractivity contribution in [1.29, 1.82) is 0 Å². The highest BCUT2D eigenvalue weighted by Crippen LogP contribution is 2.31. The molecule has 160 valence electrons. The summed E-state index contributed by atoms with van der Waals surface area (Å²) in [4.78, 5) is 28.1. The molecule has 0 spiro atoms. The molecule has 0 atom stereocenters. The topological polar surface area (TPSA) is 108 Å². The Morgan fingerprint density at radius 2 is 1.88 bits per heavy atom. The van der Waals surface area contributed by atoms with Crippen LogP contribution < -0.4 is 10.1 Å². The average molecular weight is 429 g/mol. The van der Waals surface area contributed by atoms with Crippen molar-refractivity contribution in [3.63, 3.8) is 0 Å². The maximum atomic E-state index is 13.0. The van der Waals surface area contributed by atoms with Crippen LogP contribution in [-0.2, 0) is 0 Å². The van der Waals surface area contributed by atoms with Gasteiger partial charge in [0.05, 0.1) is 35.0 Å². The second kappa shape index (κ2) is 8.73. The van der Waals surface area contributed by atoms with Crippen LogP contribution in [0.4, 0.5) is 11.4 Å². The third kappa shape index (κ3) is 4.06. The number of hydrogen-bond acceptors (Lipinski definition) is 6. The molecule has 0 saturated carbocycles. The van der Waals surface area contributed by atoms with Gasteiger partial charge in [0, 0.05) is 17.2 Å². The first-order valence-corrected chi connectivity index (χ1v) is 9.73. The third-order valence-electron chi connectivity index (χ3n) is 5.01. The van der Waals surface area contributed by atoms with E-state index < -0.39 is 10.8 Å². The van der Waals surface area contributed by atoms with Crippen LogP contribution in [0.3, 0.4) is 0 Å². The molecular formula is C24H19N3O5. The second-order valence-electron chi connectivity index (χ2n) is 6.97. The number of hydrogen-bond donors (Lipinski definition) is 1. The Kier molecular flexibility index (Phi) is 5.67. The Morgan fingerprint density at radius 1 is 1.09 bits per heavy atom. The lowest BCUT2D eigenvalue weighted by Gasteiger charge is -2.10. The number of carbonyl (C=O) groups excluding carboxylic acids is 1. The highest BCUT2D eigenvalue weighted by Gasteiger charge is 2.20. The van der Waals surface area contributed by atoms with Crippen molar-refractivity contribution in [2.45, 2.75) is 6.92 Å². The number of rotatable bonds is 6. The maximum absolute atomic E-state index is 13.0. The zero-order chi connectivity index (χ0) is 22.7. The summed E-state index contributed by atoms with van der Waals surface area (Å²) in [5.41, 5.74) is 2.30. The second-order valence-corrected chi connectivity index (χ2v) is 6.97. The van der Waals surface area contributed by atoms with E-state index in [-0.39, 0.29) is 11.6 Å². The number of nitrogens with zero attached hydrogens (tertiary/aromatic N) is 2. The van der Waals surface area contributed by atoms with E-state index in [0.717, 1.165) is 5.56 Å². The van der Waals surface area contributed by atoms with Crippen molar-refractivity contribution < 1.29 is 18.9 Å². The van der Waals surface area contributed by atoms with Gasteiger partial charge in [-0.2, -0.15) is 0 Å². The molecule has 0 bridgehead atoms. The normalized spacial score (nSPS) is 10.6. The number of amides is 1. The van der Waals surface area contributed by atoms with E-state index in [1.165, 1.54) is 12.1 Å². The molecule has 3 aromatic carbocycles. The Balaban J connectivity index is 1.66. The van der Waals surface area contributed by atoms with Crippen LogP contribution in [-0.4, -0.2) is 22.9 Å². The van der Waals surface area contributed by atoms with Crippen LogP contribution in [0.25, 0.3) is 22.8 Å². The van der Waals surface area contributed by atoms with E-state index in [9.17, 15) is 14.9 Å². The lowest BCUT2D eigenvalue weighted by molar-refractivity contribution is -0.385. The van der Waals surface area contributed by atoms with E-state index in [1.54, 1.807) is 50.6 Å². The molecule has 0 unspecified atom stereocenters. The van der Waals surface area contributed by atoms with E-state index in [2.05, 4.69) is 10.3 Å². The van der Waals surface area contributed by atoms with Crippen LogP contribution in [0.1, 0.15) is 15.9 Å². The molecule has 1 aromatic heterocycles. The smallest absolute Gasteiger partial charge is 0.274 e. The first-order chi connectivity index (χ1) is 15.5. The third-order valence-corrected chi connectivity index (χ3v) is 5.01. The summed E-state index contributed by atoms with van der Waals surface area (Å²) >= 11 is 0. The fourth-order valence-corrected chi connectivity index (χ4v) is 3.32. The summed E-state index contributed by atoms with van der Waals surface area (Å²) in [5, 5.41) is 13.9. The standard InChI is InChI=1S/C24H19N3O5/c1-15-20(11-6-12-21(15)27(29)30)26-23(28)18-9-3-4-10-19(18)24-25-14-22(32-24)16-7-5-8-17(13-16)31-2/h3-14H,1-2H3,(H,26,28). The van der Waals surface area contributed by atoms with E-state index in [0.29, 0.717) is 33.9 Å². The molecule has 4 rings (SSSR count). The van der Waals surface area contributed by atoms with Crippen molar-refractivity contribution in [3.8, 4) is 28.5 Å². The van der Waals surface area contributed by atoms with Crippen molar-refractivity contribution in [3.05, 3.63) is 94.2 Å². The summed E-state index contributed by atoms with van der Waals surface area (Å²) in [6.07, 6.45) is 1.59. The van der Waals surface area contributed by atoms with Gasteiger partial charge in [-0.3, -0.25) is 14.9 Å². The zero-order valence-electron chi connectivity index (χ0n) is 17.4. The first kappa shape index (κ1) is 20.8. The Labute approximate surface area is 183 Å². The highest BCUT2D eigenvalue weighted by atomic mass is 16.6. The highest BCUT2D eigenvalue weighted by molar-refractivity contribution is 6.08. The van der Waals surface area contributed by atoms with E-state index in [1.807, 2.05) is 24.3 Å². The number of methoxy groups -OCH3 is 1. The summed E-state index contributed by atoms with van der Waals surface area (Å²) in [6.45, 7) is 1.59. The van der Waals surface area contributed by atoms with Crippen molar-refractivity contribution >= 4 is 17.3 Å². The van der Waals surface area contributed by atoms with Crippen molar-refractivity contribution in [2.75, 3.05) is 12.4 Å².